The first kappa shape index (κ1) is 16.0. The molecule has 0 saturated heterocycles. The zero-order valence-electron chi connectivity index (χ0n) is 11.6. The van der Waals surface area contributed by atoms with E-state index in [1.165, 1.54) is 30.1 Å². The molecule has 116 valence electrons. The molecule has 1 heterocycles. The first-order chi connectivity index (χ1) is 10.4. The molecule has 0 bridgehead atoms. The van der Waals surface area contributed by atoms with Gasteiger partial charge in [-0.15, -0.1) is 0 Å². The zero-order valence-corrected chi connectivity index (χ0v) is 12.5. The number of carboxylic acids is 2. The van der Waals surface area contributed by atoms with Gasteiger partial charge in [-0.05, 0) is 25.1 Å². The van der Waals surface area contributed by atoms with Gasteiger partial charge < -0.3 is 10.2 Å². The number of nitrogens with zero attached hydrogens (tertiary/aromatic N) is 2. The van der Waals surface area contributed by atoms with Crippen LogP contribution in [0.1, 0.15) is 26.4 Å². The lowest BCUT2D eigenvalue weighted by Gasteiger charge is -2.08. The topological polar surface area (TPSA) is 111 Å². The van der Waals surface area contributed by atoms with E-state index in [1.807, 2.05) is 0 Å². The van der Waals surface area contributed by atoms with Crippen LogP contribution in [0.2, 0.25) is 0 Å². The molecule has 0 saturated carbocycles. The van der Waals surface area contributed by atoms with Gasteiger partial charge in [0.05, 0.1) is 52.8 Å². The van der Waals surface area contributed by atoms with Crippen molar-refractivity contribution in [3.8, 4) is 5.69 Å². The van der Waals surface area contributed by atoms with Gasteiger partial charge in [0.15, 0.2) is 0 Å². The van der Waals surface area contributed by atoms with E-state index in [0.717, 1.165) is 18.1 Å². The molecule has 8 nitrogen and oxygen atoms in total. The van der Waals surface area contributed by atoms with Crippen LogP contribution in [0, 0.1) is 6.92 Å². The smallest absolute Gasteiger partial charge is 0.335 e. The average Bonchev–Trinajstić information content (AvgIpc) is 2.85. The molecule has 9 heteroatoms. The van der Waals surface area contributed by atoms with E-state index < -0.39 is 11.9 Å². The van der Waals surface area contributed by atoms with E-state index in [0.29, 0.717) is 16.3 Å². The maximum absolute atomic E-state index is 11.1. The molecule has 0 atom stereocenters. The van der Waals surface area contributed by atoms with Crippen molar-refractivity contribution in [2.24, 2.45) is 0 Å². The van der Waals surface area contributed by atoms with Crippen LogP contribution in [0.3, 0.4) is 0 Å². The highest BCUT2D eigenvalue weighted by molar-refractivity contribution is 7.94. The second kappa shape index (κ2) is 6.60. The van der Waals surface area contributed by atoms with Crippen molar-refractivity contribution in [1.82, 2.24) is 9.78 Å². The van der Waals surface area contributed by atoms with Crippen molar-refractivity contribution in [2.45, 2.75) is 11.8 Å². The van der Waals surface area contributed by atoms with Crippen molar-refractivity contribution < 1.29 is 29.0 Å². The van der Waals surface area contributed by atoms with Crippen LogP contribution in [0.25, 0.3) is 5.69 Å². The number of benzene rings is 1. The molecule has 0 amide bonds. The van der Waals surface area contributed by atoms with Crippen LogP contribution >= 0.6 is 12.0 Å². The Labute approximate surface area is 129 Å². The van der Waals surface area contributed by atoms with Crippen molar-refractivity contribution in [3.63, 3.8) is 0 Å². The van der Waals surface area contributed by atoms with Crippen molar-refractivity contribution >= 4 is 24.0 Å². The Hall–Kier alpha value is -2.36. The quantitative estimate of drug-likeness (QED) is 0.472. The Kier molecular flexibility index (Phi) is 4.81. The fourth-order valence-corrected chi connectivity index (χ4v) is 2.23. The fourth-order valence-electron chi connectivity index (χ4n) is 1.79. The van der Waals surface area contributed by atoms with Crippen LogP contribution < -0.4 is 0 Å². The van der Waals surface area contributed by atoms with E-state index in [4.69, 9.17) is 14.5 Å². The van der Waals surface area contributed by atoms with E-state index in [-0.39, 0.29) is 11.1 Å². The minimum Gasteiger partial charge on any atom is -0.478 e. The van der Waals surface area contributed by atoms with Gasteiger partial charge in [-0.1, -0.05) is 0 Å². The highest BCUT2D eigenvalue weighted by Gasteiger charge is 2.15. The summed E-state index contributed by atoms with van der Waals surface area (Å²) in [5.41, 5.74) is 0.722. The Morgan fingerprint density at radius 2 is 1.77 bits per heavy atom. The van der Waals surface area contributed by atoms with Gasteiger partial charge in [-0.25, -0.2) is 19.2 Å². The van der Waals surface area contributed by atoms with Crippen molar-refractivity contribution in [2.75, 3.05) is 7.11 Å². The SMILES string of the molecule is COOSc1cnn(-c2cc(C(=O)O)cc(C(=O)O)c2)c1C. The highest BCUT2D eigenvalue weighted by atomic mass is 32.2. The number of hydrogen-bond donors (Lipinski definition) is 2. The van der Waals surface area contributed by atoms with Gasteiger partial charge in [-0.2, -0.15) is 9.43 Å². The average molecular weight is 324 g/mol. The summed E-state index contributed by atoms with van der Waals surface area (Å²) in [6.45, 7) is 1.74. The molecule has 0 fully saturated rings. The van der Waals surface area contributed by atoms with Gasteiger partial charge in [0, 0.05) is 0 Å². The van der Waals surface area contributed by atoms with Crippen LogP contribution in [0.5, 0.6) is 0 Å². The second-order valence-electron chi connectivity index (χ2n) is 4.20. The summed E-state index contributed by atoms with van der Waals surface area (Å²) in [6.07, 6.45) is 1.51. The Bertz CT molecular complexity index is 695. The normalized spacial score (nSPS) is 10.6. The van der Waals surface area contributed by atoms with Gasteiger partial charge in [0.25, 0.3) is 0 Å². The van der Waals surface area contributed by atoms with Gasteiger partial charge in [-0.3, -0.25) is 0 Å². The second-order valence-corrected chi connectivity index (χ2v) is 4.95. The standard InChI is InChI=1S/C13H12N2O6S/c1-7-11(22-21-20-2)6-14-15(7)10-4-8(12(16)17)3-9(5-10)13(18)19/h3-6H,1-2H3,(H,16,17)(H,18,19). The molecule has 0 unspecified atom stereocenters. The molecular weight excluding hydrogens is 312 g/mol. The number of carboxylic acid groups (broad SMARTS) is 2. The lowest BCUT2D eigenvalue weighted by molar-refractivity contribution is -0.160. The number of aromatic carboxylic acids is 2. The maximum atomic E-state index is 11.1. The number of hydrogen-bond acceptors (Lipinski definition) is 6. The lowest BCUT2D eigenvalue weighted by Crippen LogP contribution is -2.07. The van der Waals surface area contributed by atoms with Gasteiger partial charge in [0.1, 0.15) is 0 Å². The largest absolute Gasteiger partial charge is 0.478 e. The number of carbonyl (C=O) groups is 2. The van der Waals surface area contributed by atoms with Crippen LogP contribution in [0.4, 0.5) is 0 Å². The van der Waals surface area contributed by atoms with Crippen molar-refractivity contribution in [1.29, 1.82) is 0 Å². The Morgan fingerprint density at radius 3 is 2.27 bits per heavy atom. The molecular formula is C13H12N2O6S. The third kappa shape index (κ3) is 3.27. The van der Waals surface area contributed by atoms with Crippen LogP contribution in [-0.4, -0.2) is 39.0 Å². The molecule has 1 aromatic heterocycles. The summed E-state index contributed by atoms with van der Waals surface area (Å²) in [5.74, 6) is -2.43. The fraction of sp³-hybridized carbons (Fsp3) is 0.154. The molecule has 22 heavy (non-hydrogen) atoms. The third-order valence-corrected chi connectivity index (χ3v) is 3.60. The van der Waals surface area contributed by atoms with E-state index in [9.17, 15) is 9.59 Å². The first-order valence-electron chi connectivity index (χ1n) is 5.98. The summed E-state index contributed by atoms with van der Waals surface area (Å²) in [4.78, 5) is 27.4. The minimum atomic E-state index is -1.22. The lowest BCUT2D eigenvalue weighted by atomic mass is 10.1. The molecule has 1 aromatic carbocycles. The van der Waals surface area contributed by atoms with E-state index in [2.05, 4.69) is 9.99 Å². The number of rotatable bonds is 6. The highest BCUT2D eigenvalue weighted by Crippen LogP contribution is 2.25. The minimum absolute atomic E-state index is 0.132. The van der Waals surface area contributed by atoms with Crippen molar-refractivity contribution in [3.05, 3.63) is 41.2 Å². The molecule has 0 aliphatic heterocycles. The predicted molar refractivity (Wildman–Crippen MR) is 76.2 cm³/mol. The molecule has 0 spiro atoms. The zero-order chi connectivity index (χ0) is 16.3. The monoisotopic (exact) mass is 324 g/mol. The molecule has 0 aliphatic rings. The summed E-state index contributed by atoms with van der Waals surface area (Å²) in [6, 6.07) is 3.79. The van der Waals surface area contributed by atoms with Gasteiger partial charge >= 0.3 is 11.9 Å². The molecule has 2 N–H and O–H groups in total. The first-order valence-corrected chi connectivity index (χ1v) is 6.72. The number of aromatic nitrogens is 2. The summed E-state index contributed by atoms with van der Waals surface area (Å²) < 4.78 is 6.18. The summed E-state index contributed by atoms with van der Waals surface area (Å²) in [5, 5.41) is 22.3. The summed E-state index contributed by atoms with van der Waals surface area (Å²) >= 11 is 0.945. The van der Waals surface area contributed by atoms with Crippen LogP contribution in [0.15, 0.2) is 29.3 Å². The van der Waals surface area contributed by atoms with Crippen LogP contribution in [-0.2, 0) is 9.22 Å². The third-order valence-electron chi connectivity index (χ3n) is 2.81. The predicted octanol–water partition coefficient (Wildman–Crippen LogP) is 2.16. The maximum Gasteiger partial charge on any atom is 0.335 e. The van der Waals surface area contributed by atoms with E-state index >= 15 is 0 Å². The molecule has 2 aromatic rings. The Balaban J connectivity index is 2.50. The summed E-state index contributed by atoms with van der Waals surface area (Å²) in [7, 11) is 1.36. The molecule has 0 aliphatic carbocycles. The van der Waals surface area contributed by atoms with E-state index in [1.54, 1.807) is 6.92 Å². The molecule has 2 rings (SSSR count). The Morgan fingerprint density at radius 1 is 1.18 bits per heavy atom. The molecule has 0 radical (unpaired) electrons. The van der Waals surface area contributed by atoms with Gasteiger partial charge in [0.2, 0.25) is 0 Å².